The Balaban J connectivity index is 1.45. The van der Waals surface area contributed by atoms with Crippen molar-refractivity contribution in [1.29, 1.82) is 0 Å². The fourth-order valence-corrected chi connectivity index (χ4v) is 15.0. The van der Waals surface area contributed by atoms with Crippen molar-refractivity contribution in [3.8, 4) is 0 Å². The smallest absolute Gasteiger partial charge is 0.364 e. The third-order valence-electron chi connectivity index (χ3n) is 21.6. The van der Waals surface area contributed by atoms with Crippen molar-refractivity contribution in [2.75, 3.05) is 26.4 Å². The molecule has 18 atom stereocenters. The van der Waals surface area contributed by atoms with Crippen LogP contribution >= 0.6 is 0 Å². The number of aliphatic hydroxyl groups is 11. The Morgan fingerprint density at radius 2 is 0.845 bits per heavy atom. The van der Waals surface area contributed by atoms with E-state index in [1.54, 1.807) is 0 Å². The molecular formula is C80H152N2O21. The van der Waals surface area contributed by atoms with Crippen molar-refractivity contribution in [3.63, 3.8) is 0 Å². The zero-order chi connectivity index (χ0) is 75.3. The molecule has 0 radical (unpaired) electrons. The molecule has 3 aliphatic heterocycles. The highest BCUT2D eigenvalue weighted by Crippen LogP contribution is 2.39. The summed E-state index contributed by atoms with van der Waals surface area (Å²) in [6.45, 7) is 2.27. The molecule has 3 heterocycles. The van der Waals surface area contributed by atoms with E-state index in [0.29, 0.717) is 19.3 Å². The molecule has 0 spiro atoms. The number of rotatable bonds is 67. The lowest BCUT2D eigenvalue weighted by atomic mass is 9.88. The van der Waals surface area contributed by atoms with Gasteiger partial charge in [-0.25, -0.2) is 4.79 Å². The summed E-state index contributed by atoms with van der Waals surface area (Å²) in [7, 11) is 0. The monoisotopic (exact) mass is 1480 g/mol. The van der Waals surface area contributed by atoms with Crippen LogP contribution in [0.2, 0.25) is 0 Å². The molecule has 103 heavy (non-hydrogen) atoms. The molecule has 0 aromatic carbocycles. The standard InChI is InChI=1S/C80H152N2O21/c1-4-6-8-10-12-14-16-18-20-22-23-24-25-26-27-28-29-30-31-32-33-34-35-36-38-40-42-44-46-48-50-52-54-67(90)82-61(62(87)53-51-49-47-45-43-41-39-37-21-19-17-15-13-11-9-7-5-2)59-98-77-72(94)71(93)74(66(58-85)100-77)101-78-73(95)76(70(92)65(57-84)99-78)103-80(79(96)97)55-63(88)68(81-60(3)86)75(102-80)69(91)64(89)56-83/h61-66,68-78,83-85,87-89,91-95H,4-59H2,1-3H3,(H,81,86)(H,82,90)(H,96,97). The first-order valence-corrected chi connectivity index (χ1v) is 41.9. The lowest BCUT2D eigenvalue weighted by Gasteiger charge is -2.50. The van der Waals surface area contributed by atoms with Crippen LogP contribution in [-0.2, 0) is 42.8 Å². The molecule has 0 aromatic rings. The van der Waals surface area contributed by atoms with E-state index in [1.165, 1.54) is 257 Å². The Bertz CT molecular complexity index is 2050. The fraction of sp³-hybridized carbons (Fsp3) is 0.963. The van der Waals surface area contributed by atoms with Crippen LogP contribution in [-0.4, -0.2) is 215 Å². The molecule has 14 N–H and O–H groups in total. The van der Waals surface area contributed by atoms with Gasteiger partial charge in [0.2, 0.25) is 11.8 Å². The number of aliphatic hydroxyl groups excluding tert-OH is 11. The molecule has 0 aromatic heterocycles. The molecule has 18 unspecified atom stereocenters. The summed E-state index contributed by atoms with van der Waals surface area (Å²) in [5.74, 6) is -6.09. The maximum Gasteiger partial charge on any atom is 0.364 e. The molecule has 608 valence electrons. The van der Waals surface area contributed by atoms with Crippen molar-refractivity contribution in [2.24, 2.45) is 0 Å². The van der Waals surface area contributed by atoms with Crippen molar-refractivity contribution >= 4 is 17.8 Å². The Hall–Kier alpha value is -2.27. The van der Waals surface area contributed by atoms with Gasteiger partial charge >= 0.3 is 5.97 Å². The lowest BCUT2D eigenvalue weighted by molar-refractivity contribution is -0.386. The average Bonchev–Trinajstić information content (AvgIpc) is 0.754. The summed E-state index contributed by atoms with van der Waals surface area (Å²) >= 11 is 0. The molecule has 3 fully saturated rings. The zero-order valence-corrected chi connectivity index (χ0v) is 64.5. The minimum atomic E-state index is -3.08. The van der Waals surface area contributed by atoms with Gasteiger partial charge in [-0.15, -0.1) is 0 Å². The van der Waals surface area contributed by atoms with Crippen LogP contribution < -0.4 is 10.6 Å². The summed E-state index contributed by atoms with van der Waals surface area (Å²) in [6.07, 6.45) is 34.0. The van der Waals surface area contributed by atoms with Gasteiger partial charge < -0.3 is 100 Å². The van der Waals surface area contributed by atoms with Crippen molar-refractivity contribution in [1.82, 2.24) is 10.6 Å². The number of nitrogens with one attached hydrogen (secondary N) is 2. The summed E-state index contributed by atoms with van der Waals surface area (Å²) < 4.78 is 35.0. The molecule has 0 saturated carbocycles. The maximum atomic E-state index is 13.6. The van der Waals surface area contributed by atoms with E-state index in [-0.39, 0.29) is 18.9 Å². The highest BCUT2D eigenvalue weighted by molar-refractivity contribution is 5.77. The van der Waals surface area contributed by atoms with Crippen molar-refractivity contribution in [2.45, 2.75) is 464 Å². The highest BCUT2D eigenvalue weighted by Gasteiger charge is 2.60. The highest BCUT2D eigenvalue weighted by atomic mass is 16.8. The second kappa shape index (κ2) is 59.6. The molecule has 0 bridgehead atoms. The second-order valence-electron chi connectivity index (χ2n) is 30.7. The van der Waals surface area contributed by atoms with E-state index < -0.39 is 148 Å². The minimum absolute atomic E-state index is 0.230. The van der Waals surface area contributed by atoms with Crippen molar-refractivity contribution in [3.05, 3.63) is 0 Å². The molecule has 3 saturated heterocycles. The van der Waals surface area contributed by atoms with Gasteiger partial charge in [-0.05, 0) is 12.8 Å². The minimum Gasteiger partial charge on any atom is -0.477 e. The number of unbranched alkanes of at least 4 members (excludes halogenated alkanes) is 47. The predicted octanol–water partition coefficient (Wildman–Crippen LogP) is 11.6. The van der Waals surface area contributed by atoms with Crippen molar-refractivity contribution < 1.29 is 104 Å². The maximum absolute atomic E-state index is 13.6. The van der Waals surface area contributed by atoms with Gasteiger partial charge in [0.15, 0.2) is 12.6 Å². The first-order chi connectivity index (χ1) is 49.9. The normalized spacial score (nSPS) is 26.4. The van der Waals surface area contributed by atoms with Crippen LogP contribution in [0.25, 0.3) is 0 Å². The fourth-order valence-electron chi connectivity index (χ4n) is 15.0. The largest absolute Gasteiger partial charge is 0.477 e. The Labute approximate surface area is 620 Å². The third kappa shape index (κ3) is 39.8. The number of ether oxygens (including phenoxy) is 6. The van der Waals surface area contributed by atoms with Crippen LogP contribution in [0.15, 0.2) is 0 Å². The van der Waals surface area contributed by atoms with Crippen LogP contribution in [0.4, 0.5) is 0 Å². The Morgan fingerprint density at radius 1 is 0.466 bits per heavy atom. The van der Waals surface area contributed by atoms with Gasteiger partial charge in [-0.2, -0.15) is 0 Å². The summed E-state index contributed by atoms with van der Waals surface area (Å²) in [5.41, 5.74) is 0. The molecular weight excluding hydrogens is 1320 g/mol. The van der Waals surface area contributed by atoms with Gasteiger partial charge in [0.25, 0.3) is 5.79 Å². The molecule has 3 aliphatic rings. The number of hydrogen-bond acceptors (Lipinski definition) is 20. The number of carbonyl (C=O) groups is 3. The second-order valence-corrected chi connectivity index (χ2v) is 30.7. The van der Waals surface area contributed by atoms with E-state index in [9.17, 15) is 75.7 Å². The number of aliphatic carboxylic acids is 1. The first kappa shape index (κ1) is 94.9. The number of carbonyl (C=O) groups excluding carboxylic acids is 2. The van der Waals surface area contributed by atoms with Gasteiger partial charge in [0.05, 0.1) is 50.7 Å². The van der Waals surface area contributed by atoms with Gasteiger partial charge in [-0.1, -0.05) is 322 Å². The third-order valence-corrected chi connectivity index (χ3v) is 21.6. The summed E-state index contributed by atoms with van der Waals surface area (Å²) in [6, 6.07) is -2.53. The number of amides is 2. The first-order valence-electron chi connectivity index (χ1n) is 41.9. The van der Waals surface area contributed by atoms with Gasteiger partial charge in [-0.3, -0.25) is 9.59 Å². The Morgan fingerprint density at radius 3 is 1.21 bits per heavy atom. The van der Waals surface area contributed by atoms with E-state index in [4.69, 9.17) is 28.4 Å². The van der Waals surface area contributed by atoms with Crippen LogP contribution in [0.1, 0.15) is 355 Å². The van der Waals surface area contributed by atoms with Crippen LogP contribution in [0.3, 0.4) is 0 Å². The summed E-state index contributed by atoms with van der Waals surface area (Å²) in [4.78, 5) is 38.7. The van der Waals surface area contributed by atoms with E-state index in [2.05, 4.69) is 24.5 Å². The zero-order valence-electron chi connectivity index (χ0n) is 64.5. The molecule has 0 aliphatic carbocycles. The van der Waals surface area contributed by atoms with Crippen LogP contribution in [0, 0.1) is 0 Å². The SMILES string of the molecule is CCCCCCCCCCCCCCCCCCCCCCCCCCCCCCCCCCC(=O)NC(COC1OC(CO)C(OC2OC(CO)C(O)C(OC3(C(=O)O)CC(O)C(NC(C)=O)C(C(O)C(O)CO)O3)C2O)C(O)C1O)C(O)CCCCCCCCCCCCCCCCCCC. The number of carboxylic acids is 1. The molecule has 3 rings (SSSR count). The molecule has 23 nitrogen and oxygen atoms in total. The van der Waals surface area contributed by atoms with Gasteiger partial charge in [0, 0.05) is 19.8 Å². The van der Waals surface area contributed by atoms with E-state index in [1.807, 2.05) is 0 Å². The molecule has 2 amide bonds. The predicted molar refractivity (Wildman–Crippen MR) is 399 cm³/mol. The number of carboxylic acid groups (broad SMARTS) is 1. The molecule has 23 heteroatoms. The van der Waals surface area contributed by atoms with E-state index >= 15 is 0 Å². The average molecular weight is 1480 g/mol. The lowest BCUT2D eigenvalue weighted by Crippen LogP contribution is -2.70. The van der Waals surface area contributed by atoms with Gasteiger partial charge in [0.1, 0.15) is 67.1 Å². The topological polar surface area (TPSA) is 373 Å². The number of hydrogen-bond donors (Lipinski definition) is 14. The van der Waals surface area contributed by atoms with E-state index in [0.717, 1.165) is 51.9 Å². The summed E-state index contributed by atoms with van der Waals surface area (Å²) in [5, 5.41) is 137. The quantitative estimate of drug-likeness (QED) is 0.0252. The van der Waals surface area contributed by atoms with Crippen LogP contribution in [0.5, 0.6) is 0 Å². The Kier molecular flexibility index (Phi) is 54.9.